The highest BCUT2D eigenvalue weighted by atomic mass is 16.5. The van der Waals surface area contributed by atoms with E-state index in [4.69, 9.17) is 5.21 Å². The van der Waals surface area contributed by atoms with Crippen LogP contribution < -0.4 is 10.8 Å². The van der Waals surface area contributed by atoms with E-state index >= 15 is 0 Å². The largest absolute Gasteiger partial charge is 0.373 e. The van der Waals surface area contributed by atoms with E-state index in [1.807, 2.05) is 60.7 Å². The molecule has 2 rings (SSSR count). The number of carbonyl (C=O) groups is 1. The summed E-state index contributed by atoms with van der Waals surface area (Å²) in [6.07, 6.45) is 0.502. The molecule has 2 aromatic rings. The molecule has 0 aliphatic carbocycles. The van der Waals surface area contributed by atoms with Crippen LogP contribution in [0.5, 0.6) is 0 Å². The number of hydrogen-bond acceptors (Lipinski definition) is 3. The highest BCUT2D eigenvalue weighted by Crippen LogP contribution is 2.11. The number of hydrogen-bond donors (Lipinski definition) is 3. The topological polar surface area (TPSA) is 61.4 Å². The third kappa shape index (κ3) is 3.82. The average Bonchev–Trinajstić information content (AvgIpc) is 2.48. The van der Waals surface area contributed by atoms with E-state index in [1.54, 1.807) is 5.48 Å². The molecule has 0 heterocycles. The smallest absolute Gasteiger partial charge is 0.266 e. The fourth-order valence-corrected chi connectivity index (χ4v) is 1.87. The standard InChI is InChI=1S/C15H16N2O2/c18-15(17-19)14(11-12-7-3-1-4-8-12)16-13-9-5-2-6-10-13/h1-10,14,16,19H,11H2,(H,17,18). The summed E-state index contributed by atoms with van der Waals surface area (Å²) in [5.41, 5.74) is 3.57. The number of anilines is 1. The second kappa shape index (κ2) is 6.56. The molecule has 0 saturated carbocycles. The SMILES string of the molecule is O=C(NO)C(Cc1ccccc1)Nc1ccccc1. The molecule has 0 bridgehead atoms. The average molecular weight is 256 g/mol. The van der Waals surface area contributed by atoms with Gasteiger partial charge in [-0.15, -0.1) is 0 Å². The molecule has 3 N–H and O–H groups in total. The molecule has 1 unspecified atom stereocenters. The van der Waals surface area contributed by atoms with Crippen LogP contribution in [0.3, 0.4) is 0 Å². The molecular formula is C15H16N2O2. The van der Waals surface area contributed by atoms with Crippen LogP contribution in [-0.2, 0) is 11.2 Å². The van der Waals surface area contributed by atoms with Crippen LogP contribution in [0, 0.1) is 0 Å². The van der Waals surface area contributed by atoms with Gasteiger partial charge in [0.15, 0.2) is 0 Å². The Balaban J connectivity index is 2.10. The summed E-state index contributed by atoms with van der Waals surface area (Å²) in [5, 5.41) is 11.9. The summed E-state index contributed by atoms with van der Waals surface area (Å²) in [6, 6.07) is 18.6. The fraction of sp³-hybridized carbons (Fsp3) is 0.133. The Labute approximate surface area is 112 Å². The second-order valence-electron chi connectivity index (χ2n) is 4.23. The highest BCUT2D eigenvalue weighted by molar-refractivity contribution is 5.83. The summed E-state index contributed by atoms with van der Waals surface area (Å²) in [4.78, 5) is 11.7. The van der Waals surface area contributed by atoms with Crippen LogP contribution in [0.4, 0.5) is 5.69 Å². The minimum atomic E-state index is -0.519. The quantitative estimate of drug-likeness (QED) is 0.568. The van der Waals surface area contributed by atoms with E-state index in [0.29, 0.717) is 6.42 Å². The summed E-state index contributed by atoms with van der Waals surface area (Å²) in [5.74, 6) is -0.451. The first-order valence-electron chi connectivity index (χ1n) is 6.09. The highest BCUT2D eigenvalue weighted by Gasteiger charge is 2.18. The Morgan fingerprint density at radius 1 is 1.00 bits per heavy atom. The summed E-state index contributed by atoms with van der Waals surface area (Å²) in [7, 11) is 0. The maximum atomic E-state index is 11.7. The van der Waals surface area contributed by atoms with Gasteiger partial charge in [-0.1, -0.05) is 48.5 Å². The third-order valence-electron chi connectivity index (χ3n) is 2.82. The van der Waals surface area contributed by atoms with Crippen LogP contribution in [-0.4, -0.2) is 17.2 Å². The van der Waals surface area contributed by atoms with Gasteiger partial charge in [-0.05, 0) is 17.7 Å². The van der Waals surface area contributed by atoms with Crippen LogP contribution in [0.25, 0.3) is 0 Å². The summed E-state index contributed by atoms with van der Waals surface area (Å²) in [6.45, 7) is 0. The van der Waals surface area contributed by atoms with Crippen molar-refractivity contribution in [3.05, 3.63) is 66.2 Å². The van der Waals surface area contributed by atoms with Crippen molar-refractivity contribution < 1.29 is 10.0 Å². The molecule has 4 heteroatoms. The Morgan fingerprint density at radius 2 is 1.58 bits per heavy atom. The molecule has 0 fully saturated rings. The van der Waals surface area contributed by atoms with Gasteiger partial charge >= 0.3 is 0 Å². The predicted octanol–water partition coefficient (Wildman–Crippen LogP) is 2.22. The molecule has 2 aromatic carbocycles. The van der Waals surface area contributed by atoms with Crippen molar-refractivity contribution in [2.45, 2.75) is 12.5 Å². The molecule has 1 amide bonds. The Morgan fingerprint density at radius 3 is 2.16 bits per heavy atom. The van der Waals surface area contributed by atoms with E-state index < -0.39 is 11.9 Å². The van der Waals surface area contributed by atoms with Crippen molar-refractivity contribution in [1.82, 2.24) is 5.48 Å². The zero-order valence-electron chi connectivity index (χ0n) is 10.4. The lowest BCUT2D eigenvalue weighted by atomic mass is 10.1. The van der Waals surface area contributed by atoms with Gasteiger partial charge in [0.1, 0.15) is 6.04 Å². The van der Waals surface area contributed by atoms with Crippen LogP contribution in [0.15, 0.2) is 60.7 Å². The van der Waals surface area contributed by atoms with Gasteiger partial charge in [-0.25, -0.2) is 5.48 Å². The van der Waals surface area contributed by atoms with Gasteiger partial charge in [0.05, 0.1) is 0 Å². The zero-order chi connectivity index (χ0) is 13.5. The van der Waals surface area contributed by atoms with Gasteiger partial charge < -0.3 is 5.32 Å². The lowest BCUT2D eigenvalue weighted by Gasteiger charge is -2.18. The number of amides is 1. The predicted molar refractivity (Wildman–Crippen MR) is 73.9 cm³/mol. The molecule has 0 aliphatic rings. The van der Waals surface area contributed by atoms with Crippen molar-refractivity contribution in [2.75, 3.05) is 5.32 Å². The molecule has 0 radical (unpaired) electrons. The number of nitrogens with one attached hydrogen (secondary N) is 2. The molecular weight excluding hydrogens is 240 g/mol. The van der Waals surface area contributed by atoms with Crippen LogP contribution in [0.1, 0.15) is 5.56 Å². The van der Waals surface area contributed by atoms with Crippen molar-refractivity contribution in [3.63, 3.8) is 0 Å². The molecule has 0 saturated heterocycles. The van der Waals surface area contributed by atoms with E-state index in [2.05, 4.69) is 5.32 Å². The number of para-hydroxylation sites is 1. The Kier molecular flexibility index (Phi) is 4.53. The number of carbonyl (C=O) groups excluding carboxylic acids is 1. The van der Waals surface area contributed by atoms with Gasteiger partial charge in [0.25, 0.3) is 5.91 Å². The van der Waals surface area contributed by atoms with Crippen molar-refractivity contribution in [3.8, 4) is 0 Å². The van der Waals surface area contributed by atoms with Gasteiger partial charge in [-0.3, -0.25) is 10.0 Å². The lowest BCUT2D eigenvalue weighted by molar-refractivity contribution is -0.129. The van der Waals surface area contributed by atoms with Crippen LogP contribution in [0.2, 0.25) is 0 Å². The molecule has 1 atom stereocenters. The van der Waals surface area contributed by atoms with Gasteiger partial charge in [0.2, 0.25) is 0 Å². The maximum absolute atomic E-state index is 11.7. The van der Waals surface area contributed by atoms with Crippen LogP contribution >= 0.6 is 0 Å². The molecule has 0 aromatic heterocycles. The molecule has 4 nitrogen and oxygen atoms in total. The first kappa shape index (κ1) is 13.1. The first-order chi connectivity index (χ1) is 9.29. The summed E-state index contributed by atoms with van der Waals surface area (Å²) >= 11 is 0. The minimum Gasteiger partial charge on any atom is -0.373 e. The van der Waals surface area contributed by atoms with E-state index in [0.717, 1.165) is 11.3 Å². The van der Waals surface area contributed by atoms with Crippen molar-refractivity contribution in [1.29, 1.82) is 0 Å². The van der Waals surface area contributed by atoms with E-state index in [9.17, 15) is 4.79 Å². The van der Waals surface area contributed by atoms with E-state index in [-0.39, 0.29) is 0 Å². The van der Waals surface area contributed by atoms with Gasteiger partial charge in [-0.2, -0.15) is 0 Å². The number of rotatable bonds is 5. The van der Waals surface area contributed by atoms with Gasteiger partial charge in [0, 0.05) is 12.1 Å². The molecule has 0 aliphatic heterocycles. The third-order valence-corrected chi connectivity index (χ3v) is 2.82. The van der Waals surface area contributed by atoms with Crippen molar-refractivity contribution in [2.24, 2.45) is 0 Å². The number of hydroxylamine groups is 1. The fourth-order valence-electron chi connectivity index (χ4n) is 1.87. The Hall–Kier alpha value is -2.33. The monoisotopic (exact) mass is 256 g/mol. The lowest BCUT2D eigenvalue weighted by Crippen LogP contribution is -2.39. The first-order valence-corrected chi connectivity index (χ1v) is 6.09. The second-order valence-corrected chi connectivity index (χ2v) is 4.23. The molecule has 19 heavy (non-hydrogen) atoms. The van der Waals surface area contributed by atoms with E-state index in [1.165, 1.54) is 0 Å². The maximum Gasteiger partial charge on any atom is 0.266 e. The Bertz CT molecular complexity index is 473. The number of benzene rings is 2. The summed E-state index contributed by atoms with van der Waals surface area (Å²) < 4.78 is 0. The minimum absolute atomic E-state index is 0.451. The van der Waals surface area contributed by atoms with Crippen molar-refractivity contribution >= 4 is 11.6 Å². The molecule has 98 valence electrons. The zero-order valence-corrected chi connectivity index (χ0v) is 10.4. The molecule has 0 spiro atoms. The normalized spacial score (nSPS) is 11.6.